The number of aliphatic carboxylic acids is 1. The monoisotopic (exact) mass is 345 g/mol. The molecule has 0 bridgehead atoms. The number of rotatable bonds is 4. The molecule has 1 aromatic rings. The van der Waals surface area contributed by atoms with Crippen LogP contribution in [0.1, 0.15) is 25.3 Å². The van der Waals surface area contributed by atoms with Gasteiger partial charge in [0.15, 0.2) is 6.61 Å². The summed E-state index contributed by atoms with van der Waals surface area (Å²) >= 11 is 0. The van der Waals surface area contributed by atoms with Crippen LogP contribution in [0.2, 0.25) is 0 Å². The Balaban J connectivity index is 1.97. The molecule has 0 aromatic heterocycles. The molecule has 0 saturated carbocycles. The zero-order valence-electron chi connectivity index (χ0n) is 13.1. The van der Waals surface area contributed by atoms with Crippen LogP contribution in [0.5, 0.6) is 5.75 Å². The minimum absolute atomic E-state index is 0.0591. The Morgan fingerprint density at radius 1 is 1.38 bits per heavy atom. The predicted molar refractivity (Wildman–Crippen MR) is 78.5 cm³/mol. The topological polar surface area (TPSA) is 66.8 Å². The summed E-state index contributed by atoms with van der Waals surface area (Å²) in [5.74, 6) is -1.48. The van der Waals surface area contributed by atoms with E-state index in [9.17, 15) is 27.9 Å². The number of carboxylic acid groups (broad SMARTS) is 1. The fraction of sp³-hybridized carbons (Fsp3) is 0.500. The van der Waals surface area contributed by atoms with E-state index in [1.165, 1.54) is 17.0 Å². The number of nitrogens with zero attached hydrogens (tertiary/aromatic N) is 1. The molecule has 1 amide bonds. The third kappa shape index (κ3) is 4.18. The first kappa shape index (κ1) is 18.1. The lowest BCUT2D eigenvalue weighted by Gasteiger charge is -2.37. The van der Waals surface area contributed by atoms with E-state index in [0.717, 1.165) is 12.1 Å². The van der Waals surface area contributed by atoms with Gasteiger partial charge in [-0.25, -0.2) is 0 Å². The number of likely N-dealkylation sites (tertiary alicyclic amines) is 1. The lowest BCUT2D eigenvalue weighted by atomic mass is 9.82. The molecule has 1 aliphatic rings. The van der Waals surface area contributed by atoms with Crippen LogP contribution >= 0.6 is 0 Å². The molecule has 0 spiro atoms. The molecule has 1 saturated heterocycles. The van der Waals surface area contributed by atoms with Crippen LogP contribution in [0, 0.1) is 5.41 Å². The van der Waals surface area contributed by atoms with Gasteiger partial charge in [-0.05, 0) is 38.0 Å². The molecule has 1 atom stereocenters. The van der Waals surface area contributed by atoms with Crippen molar-refractivity contribution in [1.82, 2.24) is 4.90 Å². The fourth-order valence-electron chi connectivity index (χ4n) is 2.63. The maximum absolute atomic E-state index is 12.6. The zero-order valence-corrected chi connectivity index (χ0v) is 13.1. The fourth-order valence-corrected chi connectivity index (χ4v) is 2.63. The Kier molecular flexibility index (Phi) is 5.05. The second kappa shape index (κ2) is 6.70. The standard InChI is InChI=1S/C16H18F3NO4/c1-15(14(22)23)6-3-7-20(10-15)13(21)9-24-12-5-2-4-11(8-12)16(17,18)19/h2,4-5,8H,3,6-7,9-10H2,1H3,(H,22,23). The van der Waals surface area contributed by atoms with Crippen molar-refractivity contribution in [3.63, 3.8) is 0 Å². The molecule has 132 valence electrons. The smallest absolute Gasteiger partial charge is 0.416 e. The number of ether oxygens (including phenoxy) is 1. The molecule has 0 radical (unpaired) electrons. The molecule has 1 aromatic carbocycles. The Hall–Kier alpha value is -2.25. The van der Waals surface area contributed by atoms with E-state index in [1.54, 1.807) is 6.92 Å². The SMILES string of the molecule is CC1(C(=O)O)CCCN(C(=O)COc2cccc(C(F)(F)F)c2)C1. The zero-order chi connectivity index (χ0) is 18.0. The first-order valence-electron chi connectivity index (χ1n) is 7.43. The van der Waals surface area contributed by atoms with Crippen LogP contribution in [0.15, 0.2) is 24.3 Å². The third-order valence-electron chi connectivity index (χ3n) is 4.09. The molecule has 8 heteroatoms. The molecule has 1 heterocycles. The summed E-state index contributed by atoms with van der Waals surface area (Å²) < 4.78 is 43.0. The van der Waals surface area contributed by atoms with E-state index in [1.807, 2.05) is 0 Å². The molecule has 0 aliphatic carbocycles. The van der Waals surface area contributed by atoms with Crippen molar-refractivity contribution in [2.45, 2.75) is 25.9 Å². The number of carboxylic acids is 1. The van der Waals surface area contributed by atoms with Crippen molar-refractivity contribution >= 4 is 11.9 Å². The Bertz CT molecular complexity index is 632. The highest BCUT2D eigenvalue weighted by Gasteiger charge is 2.39. The maximum Gasteiger partial charge on any atom is 0.416 e. The van der Waals surface area contributed by atoms with Gasteiger partial charge in [-0.15, -0.1) is 0 Å². The molecule has 1 N–H and O–H groups in total. The summed E-state index contributed by atoms with van der Waals surface area (Å²) in [6.07, 6.45) is -3.46. The number of amides is 1. The van der Waals surface area contributed by atoms with Crippen LogP contribution in [0.25, 0.3) is 0 Å². The summed E-state index contributed by atoms with van der Waals surface area (Å²) in [5, 5.41) is 9.24. The number of carbonyl (C=O) groups excluding carboxylic acids is 1. The van der Waals surface area contributed by atoms with E-state index < -0.39 is 35.6 Å². The van der Waals surface area contributed by atoms with Gasteiger partial charge in [-0.1, -0.05) is 6.07 Å². The van der Waals surface area contributed by atoms with Gasteiger partial charge in [-0.2, -0.15) is 13.2 Å². The number of alkyl halides is 3. The molecule has 5 nitrogen and oxygen atoms in total. The second-order valence-corrected chi connectivity index (χ2v) is 6.10. The first-order chi connectivity index (χ1) is 11.1. The van der Waals surface area contributed by atoms with Gasteiger partial charge >= 0.3 is 12.1 Å². The van der Waals surface area contributed by atoms with E-state index in [-0.39, 0.29) is 12.3 Å². The number of halogens is 3. The lowest BCUT2D eigenvalue weighted by molar-refractivity contribution is -0.154. The average Bonchev–Trinajstić information content (AvgIpc) is 2.52. The van der Waals surface area contributed by atoms with Crippen molar-refractivity contribution in [3.05, 3.63) is 29.8 Å². The lowest BCUT2D eigenvalue weighted by Crippen LogP contribution is -2.49. The van der Waals surface area contributed by atoms with E-state index >= 15 is 0 Å². The summed E-state index contributed by atoms with van der Waals surface area (Å²) in [7, 11) is 0. The summed E-state index contributed by atoms with van der Waals surface area (Å²) in [4.78, 5) is 24.8. The second-order valence-electron chi connectivity index (χ2n) is 6.10. The Morgan fingerprint density at radius 3 is 2.71 bits per heavy atom. The normalized spacial score (nSPS) is 21.4. The van der Waals surface area contributed by atoms with Crippen molar-refractivity contribution in [2.75, 3.05) is 19.7 Å². The number of piperidine rings is 1. The summed E-state index contributed by atoms with van der Waals surface area (Å²) in [6.45, 7) is 1.61. The van der Waals surface area contributed by atoms with Crippen molar-refractivity contribution in [3.8, 4) is 5.75 Å². The van der Waals surface area contributed by atoms with E-state index in [4.69, 9.17) is 4.74 Å². The summed E-state index contributed by atoms with van der Waals surface area (Å²) in [5.41, 5.74) is -1.87. The highest BCUT2D eigenvalue weighted by atomic mass is 19.4. The van der Waals surface area contributed by atoms with Gasteiger partial charge in [-0.3, -0.25) is 9.59 Å². The molecular formula is C16H18F3NO4. The Labute approximate surface area is 137 Å². The number of benzene rings is 1. The average molecular weight is 345 g/mol. The van der Waals surface area contributed by atoms with Crippen LogP contribution in [0.3, 0.4) is 0 Å². The molecule has 2 rings (SSSR count). The summed E-state index contributed by atoms with van der Waals surface area (Å²) in [6, 6.07) is 4.27. The minimum Gasteiger partial charge on any atom is -0.484 e. The molecule has 1 unspecified atom stereocenters. The predicted octanol–water partition coefficient (Wildman–Crippen LogP) is 2.80. The Morgan fingerprint density at radius 2 is 2.08 bits per heavy atom. The van der Waals surface area contributed by atoms with Gasteiger partial charge in [0.1, 0.15) is 5.75 Å². The highest BCUT2D eigenvalue weighted by Crippen LogP contribution is 2.32. The third-order valence-corrected chi connectivity index (χ3v) is 4.09. The highest BCUT2D eigenvalue weighted by molar-refractivity contribution is 5.80. The number of carbonyl (C=O) groups is 2. The van der Waals surface area contributed by atoms with E-state index in [2.05, 4.69) is 0 Å². The first-order valence-corrected chi connectivity index (χ1v) is 7.43. The minimum atomic E-state index is -4.49. The van der Waals surface area contributed by atoms with Gasteiger partial charge in [0, 0.05) is 13.1 Å². The molecule has 1 fully saturated rings. The molecule has 24 heavy (non-hydrogen) atoms. The van der Waals surface area contributed by atoms with Crippen molar-refractivity contribution < 1.29 is 32.6 Å². The quantitative estimate of drug-likeness (QED) is 0.911. The van der Waals surface area contributed by atoms with Crippen LogP contribution in [-0.4, -0.2) is 41.6 Å². The maximum atomic E-state index is 12.6. The molecular weight excluding hydrogens is 327 g/mol. The van der Waals surface area contributed by atoms with Crippen LogP contribution < -0.4 is 4.74 Å². The van der Waals surface area contributed by atoms with Crippen molar-refractivity contribution in [1.29, 1.82) is 0 Å². The largest absolute Gasteiger partial charge is 0.484 e. The van der Waals surface area contributed by atoms with Gasteiger partial charge in [0.2, 0.25) is 0 Å². The number of hydrogen-bond acceptors (Lipinski definition) is 3. The van der Waals surface area contributed by atoms with Gasteiger partial charge in [0.25, 0.3) is 5.91 Å². The van der Waals surface area contributed by atoms with Gasteiger partial charge < -0.3 is 14.7 Å². The van der Waals surface area contributed by atoms with Gasteiger partial charge in [0.05, 0.1) is 11.0 Å². The number of hydrogen-bond donors (Lipinski definition) is 1. The van der Waals surface area contributed by atoms with Crippen LogP contribution in [-0.2, 0) is 15.8 Å². The van der Waals surface area contributed by atoms with Crippen molar-refractivity contribution in [2.24, 2.45) is 5.41 Å². The van der Waals surface area contributed by atoms with Crippen LogP contribution in [0.4, 0.5) is 13.2 Å². The molecule has 1 aliphatic heterocycles. The van der Waals surface area contributed by atoms with E-state index in [0.29, 0.717) is 19.4 Å².